The van der Waals surface area contributed by atoms with E-state index in [1.165, 1.54) is 5.56 Å². The summed E-state index contributed by atoms with van der Waals surface area (Å²) in [7, 11) is 0. The molecule has 0 aromatic heterocycles. The van der Waals surface area contributed by atoms with Crippen LogP contribution in [-0.4, -0.2) is 30.0 Å². The number of aryl methyl sites for hydroxylation is 1. The highest BCUT2D eigenvalue weighted by molar-refractivity contribution is 6.33. The van der Waals surface area contributed by atoms with Crippen LogP contribution in [0.5, 0.6) is 0 Å². The van der Waals surface area contributed by atoms with Crippen LogP contribution in [0.25, 0.3) is 0 Å². The Bertz CT molecular complexity index is 663. The molecule has 1 saturated heterocycles. The molecule has 0 aliphatic carbocycles. The summed E-state index contributed by atoms with van der Waals surface area (Å²) in [6.07, 6.45) is 0.104. The van der Waals surface area contributed by atoms with Crippen LogP contribution < -0.4 is 0 Å². The van der Waals surface area contributed by atoms with Gasteiger partial charge in [-0.05, 0) is 24.6 Å². The van der Waals surface area contributed by atoms with Crippen molar-refractivity contribution >= 4 is 17.5 Å². The largest absolute Gasteiger partial charge is 0.370 e. The number of ether oxygens (including phenoxy) is 1. The van der Waals surface area contributed by atoms with Gasteiger partial charge < -0.3 is 9.64 Å². The van der Waals surface area contributed by atoms with Crippen LogP contribution >= 0.6 is 11.6 Å². The monoisotopic (exact) mass is 315 g/mol. The summed E-state index contributed by atoms with van der Waals surface area (Å²) < 4.78 is 5.82. The summed E-state index contributed by atoms with van der Waals surface area (Å²) in [6.45, 7) is 3.89. The number of hydrogen-bond acceptors (Lipinski definition) is 2. The second kappa shape index (κ2) is 6.51. The maximum atomic E-state index is 12.3. The van der Waals surface area contributed by atoms with Crippen molar-refractivity contribution in [2.45, 2.75) is 19.6 Å². The SMILES string of the molecule is Cc1ccc(COC2CN(C(=O)c3ccccc3Cl)C2)cc1. The van der Waals surface area contributed by atoms with E-state index in [-0.39, 0.29) is 12.0 Å². The van der Waals surface area contributed by atoms with E-state index in [9.17, 15) is 4.79 Å². The molecule has 0 spiro atoms. The Morgan fingerprint density at radius 2 is 1.86 bits per heavy atom. The molecule has 0 atom stereocenters. The van der Waals surface area contributed by atoms with Crippen molar-refractivity contribution < 1.29 is 9.53 Å². The standard InChI is InChI=1S/C18H18ClNO2/c1-13-6-8-14(9-7-13)12-22-15-10-20(11-15)18(21)16-4-2-3-5-17(16)19/h2-9,15H,10-12H2,1H3. The average Bonchev–Trinajstić information content (AvgIpc) is 2.47. The summed E-state index contributed by atoms with van der Waals surface area (Å²) in [5, 5.41) is 0.497. The highest BCUT2D eigenvalue weighted by atomic mass is 35.5. The molecule has 1 fully saturated rings. The van der Waals surface area contributed by atoms with Crippen molar-refractivity contribution in [1.29, 1.82) is 0 Å². The fraction of sp³-hybridized carbons (Fsp3) is 0.278. The Morgan fingerprint density at radius 1 is 1.18 bits per heavy atom. The highest BCUT2D eigenvalue weighted by Crippen LogP contribution is 2.22. The second-order valence-electron chi connectivity index (χ2n) is 5.61. The van der Waals surface area contributed by atoms with E-state index in [1.807, 2.05) is 12.1 Å². The van der Waals surface area contributed by atoms with E-state index in [2.05, 4.69) is 31.2 Å². The van der Waals surface area contributed by atoms with Gasteiger partial charge in [-0.1, -0.05) is 53.6 Å². The lowest BCUT2D eigenvalue weighted by Crippen LogP contribution is -2.54. The first-order chi connectivity index (χ1) is 10.6. The van der Waals surface area contributed by atoms with Gasteiger partial charge in [0, 0.05) is 13.1 Å². The molecule has 0 saturated carbocycles. The first-order valence-corrected chi connectivity index (χ1v) is 7.72. The fourth-order valence-corrected chi connectivity index (χ4v) is 2.63. The topological polar surface area (TPSA) is 29.5 Å². The first-order valence-electron chi connectivity index (χ1n) is 7.34. The Hall–Kier alpha value is -1.84. The van der Waals surface area contributed by atoms with Crippen molar-refractivity contribution in [1.82, 2.24) is 4.90 Å². The number of halogens is 1. The molecule has 3 rings (SSSR count). The highest BCUT2D eigenvalue weighted by Gasteiger charge is 2.32. The molecular weight excluding hydrogens is 298 g/mol. The summed E-state index contributed by atoms with van der Waals surface area (Å²) in [5.74, 6) is -0.0271. The molecule has 1 aliphatic heterocycles. The van der Waals surface area contributed by atoms with E-state index in [4.69, 9.17) is 16.3 Å². The summed E-state index contributed by atoms with van der Waals surface area (Å²) in [4.78, 5) is 14.1. The summed E-state index contributed by atoms with van der Waals surface area (Å²) in [6, 6.07) is 15.4. The van der Waals surface area contributed by atoms with Crippen LogP contribution in [0.4, 0.5) is 0 Å². The summed E-state index contributed by atoms with van der Waals surface area (Å²) in [5.41, 5.74) is 2.95. The molecule has 1 aliphatic rings. The van der Waals surface area contributed by atoms with Crippen LogP contribution in [0.2, 0.25) is 5.02 Å². The molecule has 4 heteroatoms. The van der Waals surface area contributed by atoms with Crippen LogP contribution in [0.3, 0.4) is 0 Å². The van der Waals surface area contributed by atoms with Crippen LogP contribution in [0.15, 0.2) is 48.5 Å². The Kier molecular flexibility index (Phi) is 4.46. The Labute approximate surface area is 135 Å². The van der Waals surface area contributed by atoms with Crippen LogP contribution in [-0.2, 0) is 11.3 Å². The smallest absolute Gasteiger partial charge is 0.255 e. The maximum absolute atomic E-state index is 12.3. The van der Waals surface area contributed by atoms with Gasteiger partial charge in [-0.15, -0.1) is 0 Å². The Balaban J connectivity index is 1.49. The molecule has 114 valence electrons. The van der Waals surface area contributed by atoms with Crippen molar-refractivity contribution in [3.05, 3.63) is 70.2 Å². The normalized spacial score (nSPS) is 14.7. The van der Waals surface area contributed by atoms with Crippen LogP contribution in [0, 0.1) is 6.92 Å². The molecule has 0 N–H and O–H groups in total. The lowest BCUT2D eigenvalue weighted by molar-refractivity contribution is -0.0503. The molecular formula is C18H18ClNO2. The second-order valence-corrected chi connectivity index (χ2v) is 6.02. The van der Waals surface area contributed by atoms with Crippen molar-refractivity contribution in [3.8, 4) is 0 Å². The summed E-state index contributed by atoms with van der Waals surface area (Å²) >= 11 is 6.06. The minimum absolute atomic E-state index is 0.0271. The molecule has 3 nitrogen and oxygen atoms in total. The predicted octanol–water partition coefficient (Wildman–Crippen LogP) is 3.69. The van der Waals surface area contributed by atoms with Crippen LogP contribution in [0.1, 0.15) is 21.5 Å². The van der Waals surface area contributed by atoms with E-state index in [1.54, 1.807) is 17.0 Å². The average molecular weight is 316 g/mol. The van der Waals surface area contributed by atoms with Gasteiger partial charge in [0.25, 0.3) is 5.91 Å². The fourth-order valence-electron chi connectivity index (χ4n) is 2.41. The molecule has 2 aromatic carbocycles. The number of carbonyl (C=O) groups is 1. The van der Waals surface area contributed by atoms with Crippen molar-refractivity contribution in [3.63, 3.8) is 0 Å². The van der Waals surface area contributed by atoms with Gasteiger partial charge in [0.1, 0.15) is 0 Å². The number of nitrogens with zero attached hydrogens (tertiary/aromatic N) is 1. The quantitative estimate of drug-likeness (QED) is 0.861. The third-order valence-corrected chi connectivity index (χ3v) is 4.18. The first kappa shape index (κ1) is 15.1. The zero-order valence-electron chi connectivity index (χ0n) is 12.5. The number of amides is 1. The lowest BCUT2D eigenvalue weighted by Gasteiger charge is -2.39. The Morgan fingerprint density at radius 3 is 2.55 bits per heavy atom. The number of rotatable bonds is 4. The van der Waals surface area contributed by atoms with Gasteiger partial charge in [-0.2, -0.15) is 0 Å². The molecule has 1 amide bonds. The van der Waals surface area contributed by atoms with Gasteiger partial charge in [-0.3, -0.25) is 4.79 Å². The van der Waals surface area contributed by atoms with Gasteiger partial charge in [0.2, 0.25) is 0 Å². The number of benzene rings is 2. The van der Waals surface area contributed by atoms with Crippen molar-refractivity contribution in [2.24, 2.45) is 0 Å². The van der Waals surface area contributed by atoms with Gasteiger partial charge in [0.05, 0.1) is 23.3 Å². The van der Waals surface area contributed by atoms with Gasteiger partial charge >= 0.3 is 0 Å². The van der Waals surface area contributed by atoms with E-state index in [0.29, 0.717) is 30.3 Å². The zero-order chi connectivity index (χ0) is 15.5. The molecule has 0 radical (unpaired) electrons. The number of likely N-dealkylation sites (tertiary alicyclic amines) is 1. The van der Waals surface area contributed by atoms with Gasteiger partial charge in [0.15, 0.2) is 0 Å². The lowest BCUT2D eigenvalue weighted by atomic mass is 10.1. The molecule has 0 unspecified atom stereocenters. The third kappa shape index (κ3) is 3.32. The van der Waals surface area contributed by atoms with E-state index < -0.39 is 0 Å². The minimum Gasteiger partial charge on any atom is -0.370 e. The molecule has 22 heavy (non-hydrogen) atoms. The van der Waals surface area contributed by atoms with Gasteiger partial charge in [-0.25, -0.2) is 0 Å². The number of carbonyl (C=O) groups excluding carboxylic acids is 1. The third-order valence-electron chi connectivity index (χ3n) is 3.85. The zero-order valence-corrected chi connectivity index (χ0v) is 13.2. The van der Waals surface area contributed by atoms with E-state index in [0.717, 1.165) is 5.56 Å². The molecule has 2 aromatic rings. The predicted molar refractivity (Wildman–Crippen MR) is 87.1 cm³/mol. The van der Waals surface area contributed by atoms with E-state index >= 15 is 0 Å². The van der Waals surface area contributed by atoms with Crippen molar-refractivity contribution in [2.75, 3.05) is 13.1 Å². The minimum atomic E-state index is -0.0271. The molecule has 1 heterocycles. The number of hydrogen-bond donors (Lipinski definition) is 0. The maximum Gasteiger partial charge on any atom is 0.255 e. The molecule has 0 bridgehead atoms.